The topological polar surface area (TPSA) is 186 Å². The highest BCUT2D eigenvalue weighted by atomic mass is 31.2. The standard InChI is InChI=1S/C20H43O9P.2H3N/c1-2-3-4-5-6-7-8-9-10-24-11-12-25-13-14-26-15-16-27-17-18-28-19-20-29-30(21,22)23;;/h2-20H2,1H3,(H2,21,22,23);2*1H3/p+2. The zero-order valence-corrected chi connectivity index (χ0v) is 21.5. The van der Waals surface area contributed by atoms with Crippen LogP contribution >= 0.6 is 7.82 Å². The van der Waals surface area contributed by atoms with Crippen LogP contribution in [0.5, 0.6) is 0 Å². The van der Waals surface area contributed by atoms with Gasteiger partial charge >= 0.3 is 7.82 Å². The SMILES string of the molecule is CCCCCCCCCCOCCOCCOCCOCCOCCOP(=O)(O)O.[NH4+].[NH4+]. The molecule has 0 bridgehead atoms. The molecule has 0 spiro atoms. The average molecular weight is 495 g/mol. The molecule has 11 nitrogen and oxygen atoms in total. The van der Waals surface area contributed by atoms with Crippen molar-refractivity contribution in [2.24, 2.45) is 0 Å². The van der Waals surface area contributed by atoms with Gasteiger partial charge in [0.25, 0.3) is 0 Å². The van der Waals surface area contributed by atoms with Crippen LogP contribution in [0.3, 0.4) is 0 Å². The summed E-state index contributed by atoms with van der Waals surface area (Å²) >= 11 is 0. The Labute approximate surface area is 194 Å². The molecule has 0 aromatic carbocycles. The second-order valence-corrected chi connectivity index (χ2v) is 8.10. The van der Waals surface area contributed by atoms with E-state index in [9.17, 15) is 4.57 Å². The van der Waals surface area contributed by atoms with Gasteiger partial charge < -0.3 is 45.8 Å². The Kier molecular flexibility index (Phi) is 32.8. The number of rotatable bonds is 25. The van der Waals surface area contributed by atoms with Gasteiger partial charge in [-0.05, 0) is 6.42 Å². The van der Waals surface area contributed by atoms with E-state index in [1.54, 1.807) is 0 Å². The van der Waals surface area contributed by atoms with Crippen LogP contribution in [-0.4, -0.2) is 82.5 Å². The highest BCUT2D eigenvalue weighted by molar-refractivity contribution is 7.46. The van der Waals surface area contributed by atoms with Crippen LogP contribution in [0.25, 0.3) is 0 Å². The van der Waals surface area contributed by atoms with E-state index < -0.39 is 7.82 Å². The van der Waals surface area contributed by atoms with E-state index in [2.05, 4.69) is 11.4 Å². The molecule has 32 heavy (non-hydrogen) atoms. The first-order valence-corrected chi connectivity index (χ1v) is 12.7. The number of hydrogen-bond acceptors (Lipinski definition) is 7. The highest BCUT2D eigenvalue weighted by Crippen LogP contribution is 2.35. The van der Waals surface area contributed by atoms with Crippen LogP contribution in [0, 0.1) is 0 Å². The molecule has 0 fully saturated rings. The minimum Gasteiger partial charge on any atom is -0.379 e. The summed E-state index contributed by atoms with van der Waals surface area (Å²) in [5.74, 6) is 0. The molecule has 10 N–H and O–H groups in total. The maximum atomic E-state index is 10.4. The van der Waals surface area contributed by atoms with Crippen molar-refractivity contribution in [2.75, 3.05) is 72.7 Å². The third-order valence-electron chi connectivity index (χ3n) is 4.12. The van der Waals surface area contributed by atoms with E-state index in [1.807, 2.05) is 0 Å². The third kappa shape index (κ3) is 34.4. The van der Waals surface area contributed by atoms with E-state index in [4.69, 9.17) is 33.5 Å². The lowest BCUT2D eigenvalue weighted by Crippen LogP contribution is -2.14. The normalized spacial score (nSPS) is 11.2. The van der Waals surface area contributed by atoms with Gasteiger partial charge in [-0.3, -0.25) is 4.52 Å². The third-order valence-corrected chi connectivity index (χ3v) is 4.64. The second-order valence-electron chi connectivity index (χ2n) is 6.86. The summed E-state index contributed by atoms with van der Waals surface area (Å²) in [6.07, 6.45) is 10.4. The number of ether oxygens (including phenoxy) is 5. The molecular weight excluding hydrogens is 443 g/mol. The van der Waals surface area contributed by atoms with Crippen LogP contribution in [0.4, 0.5) is 0 Å². The Balaban J connectivity index is -0.00000420. The predicted octanol–water partition coefficient (Wildman–Crippen LogP) is 4.07. The minimum atomic E-state index is -4.41. The molecule has 0 atom stereocenters. The van der Waals surface area contributed by atoms with Crippen molar-refractivity contribution >= 4 is 7.82 Å². The van der Waals surface area contributed by atoms with Gasteiger partial charge in [0.2, 0.25) is 0 Å². The summed E-state index contributed by atoms with van der Waals surface area (Å²) in [7, 11) is -4.41. The summed E-state index contributed by atoms with van der Waals surface area (Å²) in [4.78, 5) is 16.9. The van der Waals surface area contributed by atoms with Crippen LogP contribution in [0.15, 0.2) is 0 Å². The fraction of sp³-hybridized carbons (Fsp3) is 1.00. The molecule has 0 aliphatic heterocycles. The van der Waals surface area contributed by atoms with Crippen LogP contribution in [-0.2, 0) is 32.8 Å². The van der Waals surface area contributed by atoms with Crippen LogP contribution in [0.2, 0.25) is 0 Å². The number of unbranched alkanes of at least 4 members (excludes halogenated alkanes) is 7. The van der Waals surface area contributed by atoms with E-state index in [0.29, 0.717) is 52.9 Å². The van der Waals surface area contributed by atoms with E-state index >= 15 is 0 Å². The molecule has 0 heterocycles. The first-order chi connectivity index (χ1) is 14.6. The number of quaternary nitrogens is 2. The Bertz CT molecular complexity index is 390. The van der Waals surface area contributed by atoms with Gasteiger partial charge in [0.1, 0.15) is 0 Å². The Morgan fingerprint density at radius 1 is 0.500 bits per heavy atom. The smallest absolute Gasteiger partial charge is 0.379 e. The number of phosphoric ester groups is 1. The lowest BCUT2D eigenvalue weighted by atomic mass is 10.1. The van der Waals surface area contributed by atoms with Crippen molar-refractivity contribution in [3.8, 4) is 0 Å². The molecule has 0 radical (unpaired) electrons. The number of phosphoric acid groups is 1. The van der Waals surface area contributed by atoms with Crippen molar-refractivity contribution in [3.05, 3.63) is 0 Å². The Morgan fingerprint density at radius 2 is 0.812 bits per heavy atom. The molecule has 0 aromatic heterocycles. The van der Waals surface area contributed by atoms with Gasteiger partial charge in [0.15, 0.2) is 0 Å². The fourth-order valence-corrected chi connectivity index (χ4v) is 2.85. The highest BCUT2D eigenvalue weighted by Gasteiger charge is 2.12. The summed E-state index contributed by atoms with van der Waals surface area (Å²) in [6, 6.07) is 0. The maximum Gasteiger partial charge on any atom is 0.469 e. The van der Waals surface area contributed by atoms with Crippen molar-refractivity contribution < 1.29 is 42.6 Å². The molecular formula is C20H51N2O9P+2. The quantitative estimate of drug-likeness (QED) is 0.107. The summed E-state index contributed by atoms with van der Waals surface area (Å²) in [6.45, 7) is 6.88. The lowest BCUT2D eigenvalue weighted by molar-refractivity contribution is -0.0134. The summed E-state index contributed by atoms with van der Waals surface area (Å²) in [5.41, 5.74) is 0. The van der Waals surface area contributed by atoms with E-state index in [0.717, 1.165) is 13.0 Å². The fourth-order valence-electron chi connectivity index (χ4n) is 2.53. The summed E-state index contributed by atoms with van der Waals surface area (Å²) in [5, 5.41) is 0. The number of hydrogen-bond donors (Lipinski definition) is 4. The molecule has 0 aliphatic rings. The van der Waals surface area contributed by atoms with E-state index in [1.165, 1.54) is 44.9 Å². The first kappa shape index (κ1) is 36.4. The monoisotopic (exact) mass is 494 g/mol. The molecule has 198 valence electrons. The van der Waals surface area contributed by atoms with E-state index in [-0.39, 0.29) is 25.5 Å². The molecule has 0 rings (SSSR count). The van der Waals surface area contributed by atoms with Gasteiger partial charge in [-0.2, -0.15) is 0 Å². The van der Waals surface area contributed by atoms with Crippen molar-refractivity contribution in [1.29, 1.82) is 0 Å². The lowest BCUT2D eigenvalue weighted by Gasteiger charge is -2.08. The van der Waals surface area contributed by atoms with Gasteiger partial charge in [-0.25, -0.2) is 4.57 Å². The zero-order valence-electron chi connectivity index (χ0n) is 20.6. The molecule has 12 heteroatoms. The van der Waals surface area contributed by atoms with Gasteiger partial charge in [0, 0.05) is 6.61 Å². The molecule has 0 saturated heterocycles. The molecule has 0 unspecified atom stereocenters. The van der Waals surface area contributed by atoms with Gasteiger partial charge in [0.05, 0.1) is 66.1 Å². The van der Waals surface area contributed by atoms with Gasteiger partial charge in [-0.15, -0.1) is 0 Å². The van der Waals surface area contributed by atoms with Crippen LogP contribution < -0.4 is 12.3 Å². The Hall–Kier alpha value is -0.170. The van der Waals surface area contributed by atoms with Gasteiger partial charge in [-0.1, -0.05) is 51.9 Å². The minimum absolute atomic E-state index is 0. The first-order valence-electron chi connectivity index (χ1n) is 11.1. The molecule has 0 aliphatic carbocycles. The predicted molar refractivity (Wildman–Crippen MR) is 127 cm³/mol. The van der Waals surface area contributed by atoms with Crippen LogP contribution in [0.1, 0.15) is 58.3 Å². The average Bonchev–Trinajstić information content (AvgIpc) is 2.70. The molecule has 0 amide bonds. The summed E-state index contributed by atoms with van der Waals surface area (Å²) < 4.78 is 41.4. The van der Waals surface area contributed by atoms with Crippen molar-refractivity contribution in [2.45, 2.75) is 58.3 Å². The van der Waals surface area contributed by atoms with Crippen molar-refractivity contribution in [1.82, 2.24) is 12.3 Å². The largest absolute Gasteiger partial charge is 0.469 e. The zero-order chi connectivity index (χ0) is 22.2. The molecule has 0 aromatic rings. The van der Waals surface area contributed by atoms with Crippen molar-refractivity contribution in [3.63, 3.8) is 0 Å². The second kappa shape index (κ2) is 28.9. The maximum absolute atomic E-state index is 10.4. The molecule has 0 saturated carbocycles. The Morgan fingerprint density at radius 3 is 1.19 bits per heavy atom.